The van der Waals surface area contributed by atoms with Crippen LogP contribution < -0.4 is 5.73 Å². The molecule has 1 saturated heterocycles. The fourth-order valence-corrected chi connectivity index (χ4v) is 2.31. The van der Waals surface area contributed by atoms with Gasteiger partial charge in [0.25, 0.3) is 0 Å². The number of hydrogen-bond acceptors (Lipinski definition) is 4. The van der Waals surface area contributed by atoms with Gasteiger partial charge in [-0.2, -0.15) is 0 Å². The fraction of sp³-hybridized carbons (Fsp3) is 0.917. The van der Waals surface area contributed by atoms with E-state index in [9.17, 15) is 9.90 Å². The Bertz CT molecular complexity index is 258. The number of hydrogen-bond donors (Lipinski definition) is 2. The molecule has 1 aliphatic rings. The van der Waals surface area contributed by atoms with Gasteiger partial charge in [0.1, 0.15) is 0 Å². The third kappa shape index (κ3) is 4.16. The molecule has 5 nitrogen and oxygen atoms in total. The predicted molar refractivity (Wildman–Crippen MR) is 65.5 cm³/mol. The first kappa shape index (κ1) is 14.3. The number of aliphatic hydroxyl groups is 1. The number of methoxy groups -OCH3 is 1. The minimum absolute atomic E-state index is 0.0211. The largest absolute Gasteiger partial charge is 0.453 e. The van der Waals surface area contributed by atoms with Crippen molar-refractivity contribution in [1.29, 1.82) is 0 Å². The lowest BCUT2D eigenvalue weighted by Gasteiger charge is -2.36. The lowest BCUT2D eigenvalue weighted by molar-refractivity contribution is 0.0589. The van der Waals surface area contributed by atoms with Gasteiger partial charge in [0, 0.05) is 19.1 Å². The second-order valence-corrected chi connectivity index (χ2v) is 5.28. The number of carbonyl (C=O) groups excluding carboxylic acids is 1. The predicted octanol–water partition coefficient (Wildman–Crippen LogP) is 0.809. The van der Waals surface area contributed by atoms with E-state index in [0.717, 1.165) is 6.42 Å². The standard InChI is InChI=1S/C12H24N2O3/c1-8(2)11(15)5-9-4-10(13)7-14(6-9)12(16)17-3/h8-11,15H,4-7,13H2,1-3H3. The van der Waals surface area contributed by atoms with Crippen LogP contribution in [0, 0.1) is 11.8 Å². The van der Waals surface area contributed by atoms with Crippen LogP contribution in [0.5, 0.6) is 0 Å². The van der Waals surface area contributed by atoms with E-state index < -0.39 is 0 Å². The van der Waals surface area contributed by atoms with Gasteiger partial charge in [0.05, 0.1) is 13.2 Å². The summed E-state index contributed by atoms with van der Waals surface area (Å²) in [5.74, 6) is 0.495. The highest BCUT2D eigenvalue weighted by molar-refractivity contribution is 5.67. The molecule has 0 spiro atoms. The highest BCUT2D eigenvalue weighted by Crippen LogP contribution is 2.23. The summed E-state index contributed by atoms with van der Waals surface area (Å²) in [5.41, 5.74) is 5.93. The Morgan fingerprint density at radius 1 is 1.53 bits per heavy atom. The second kappa shape index (κ2) is 6.21. The molecule has 1 rings (SSSR count). The molecule has 0 radical (unpaired) electrons. The van der Waals surface area contributed by atoms with Crippen molar-refractivity contribution in [3.05, 3.63) is 0 Å². The van der Waals surface area contributed by atoms with E-state index in [1.165, 1.54) is 7.11 Å². The lowest BCUT2D eigenvalue weighted by atomic mass is 9.87. The second-order valence-electron chi connectivity index (χ2n) is 5.28. The lowest BCUT2D eigenvalue weighted by Crippen LogP contribution is -2.50. The molecular weight excluding hydrogens is 220 g/mol. The summed E-state index contributed by atoms with van der Waals surface area (Å²) in [6.45, 7) is 5.15. The number of piperidine rings is 1. The van der Waals surface area contributed by atoms with Gasteiger partial charge < -0.3 is 20.5 Å². The Kier molecular flexibility index (Phi) is 5.21. The van der Waals surface area contributed by atoms with Crippen LogP contribution in [0.2, 0.25) is 0 Å². The van der Waals surface area contributed by atoms with E-state index in [0.29, 0.717) is 19.5 Å². The molecule has 0 aromatic rings. The summed E-state index contributed by atoms with van der Waals surface area (Å²) in [6.07, 6.45) is 0.893. The Morgan fingerprint density at radius 3 is 2.71 bits per heavy atom. The topological polar surface area (TPSA) is 75.8 Å². The fourth-order valence-electron chi connectivity index (χ4n) is 2.31. The highest BCUT2D eigenvalue weighted by Gasteiger charge is 2.30. The average Bonchev–Trinajstić information content (AvgIpc) is 2.26. The van der Waals surface area contributed by atoms with Crippen LogP contribution in [0.15, 0.2) is 0 Å². The van der Waals surface area contributed by atoms with Crippen molar-refractivity contribution >= 4 is 6.09 Å². The molecular formula is C12H24N2O3. The van der Waals surface area contributed by atoms with E-state index in [2.05, 4.69) is 0 Å². The Labute approximate surface area is 103 Å². The molecule has 0 aromatic heterocycles. The minimum Gasteiger partial charge on any atom is -0.453 e. The SMILES string of the molecule is COC(=O)N1CC(N)CC(CC(O)C(C)C)C1. The summed E-state index contributed by atoms with van der Waals surface area (Å²) >= 11 is 0. The van der Waals surface area contributed by atoms with Gasteiger partial charge in [-0.3, -0.25) is 0 Å². The number of amides is 1. The molecule has 0 aliphatic carbocycles. The van der Waals surface area contributed by atoms with Gasteiger partial charge in [0.15, 0.2) is 0 Å². The molecule has 3 N–H and O–H groups in total. The van der Waals surface area contributed by atoms with E-state index in [-0.39, 0.29) is 30.1 Å². The van der Waals surface area contributed by atoms with E-state index in [1.54, 1.807) is 4.90 Å². The molecule has 3 atom stereocenters. The van der Waals surface area contributed by atoms with Gasteiger partial charge >= 0.3 is 6.09 Å². The number of nitrogens with zero attached hydrogens (tertiary/aromatic N) is 1. The maximum Gasteiger partial charge on any atom is 0.409 e. The molecule has 5 heteroatoms. The van der Waals surface area contributed by atoms with Gasteiger partial charge in [-0.05, 0) is 24.7 Å². The number of carbonyl (C=O) groups is 1. The third-order valence-electron chi connectivity index (χ3n) is 3.35. The van der Waals surface area contributed by atoms with Crippen LogP contribution in [0.1, 0.15) is 26.7 Å². The Morgan fingerprint density at radius 2 is 2.18 bits per heavy atom. The van der Waals surface area contributed by atoms with Crippen LogP contribution in [0.25, 0.3) is 0 Å². The molecule has 0 bridgehead atoms. The van der Waals surface area contributed by atoms with Crippen molar-refractivity contribution < 1.29 is 14.6 Å². The molecule has 1 fully saturated rings. The minimum atomic E-state index is -0.329. The smallest absolute Gasteiger partial charge is 0.409 e. The molecule has 0 aromatic carbocycles. The zero-order valence-corrected chi connectivity index (χ0v) is 10.9. The zero-order chi connectivity index (χ0) is 13.0. The number of likely N-dealkylation sites (tertiary alicyclic amines) is 1. The van der Waals surface area contributed by atoms with Gasteiger partial charge in [0.2, 0.25) is 0 Å². The molecule has 17 heavy (non-hydrogen) atoms. The monoisotopic (exact) mass is 244 g/mol. The number of ether oxygens (including phenoxy) is 1. The molecule has 100 valence electrons. The summed E-state index contributed by atoms with van der Waals surface area (Å²) in [5, 5.41) is 9.87. The van der Waals surface area contributed by atoms with Crippen molar-refractivity contribution in [2.45, 2.75) is 38.8 Å². The molecule has 1 amide bonds. The average molecular weight is 244 g/mol. The van der Waals surface area contributed by atoms with Crippen LogP contribution >= 0.6 is 0 Å². The number of rotatable bonds is 3. The molecule has 1 aliphatic heterocycles. The van der Waals surface area contributed by atoms with Crippen LogP contribution in [-0.4, -0.2) is 48.4 Å². The normalized spacial score (nSPS) is 27.1. The van der Waals surface area contributed by atoms with E-state index in [4.69, 9.17) is 10.5 Å². The first-order valence-electron chi connectivity index (χ1n) is 6.20. The number of nitrogens with two attached hydrogens (primary N) is 1. The van der Waals surface area contributed by atoms with E-state index >= 15 is 0 Å². The van der Waals surface area contributed by atoms with Crippen LogP contribution in [-0.2, 0) is 4.74 Å². The first-order chi connectivity index (χ1) is 7.93. The summed E-state index contributed by atoms with van der Waals surface area (Å²) in [4.78, 5) is 13.1. The Balaban J connectivity index is 2.53. The van der Waals surface area contributed by atoms with Crippen molar-refractivity contribution in [1.82, 2.24) is 4.90 Å². The van der Waals surface area contributed by atoms with Crippen molar-refractivity contribution in [3.63, 3.8) is 0 Å². The maximum absolute atomic E-state index is 11.5. The van der Waals surface area contributed by atoms with E-state index in [1.807, 2.05) is 13.8 Å². The van der Waals surface area contributed by atoms with Gasteiger partial charge in [-0.1, -0.05) is 13.8 Å². The summed E-state index contributed by atoms with van der Waals surface area (Å²) in [7, 11) is 1.38. The van der Waals surface area contributed by atoms with Crippen molar-refractivity contribution in [2.24, 2.45) is 17.6 Å². The summed E-state index contributed by atoms with van der Waals surface area (Å²) < 4.78 is 4.71. The molecule has 1 heterocycles. The van der Waals surface area contributed by atoms with Crippen molar-refractivity contribution in [2.75, 3.05) is 20.2 Å². The highest BCUT2D eigenvalue weighted by atomic mass is 16.5. The third-order valence-corrected chi connectivity index (χ3v) is 3.35. The zero-order valence-electron chi connectivity index (χ0n) is 10.9. The number of aliphatic hydroxyl groups excluding tert-OH is 1. The van der Waals surface area contributed by atoms with Crippen molar-refractivity contribution in [3.8, 4) is 0 Å². The quantitative estimate of drug-likeness (QED) is 0.770. The van der Waals surface area contributed by atoms with Gasteiger partial charge in [-0.15, -0.1) is 0 Å². The van der Waals surface area contributed by atoms with Crippen LogP contribution in [0.3, 0.4) is 0 Å². The maximum atomic E-state index is 11.5. The first-order valence-corrected chi connectivity index (χ1v) is 6.20. The summed E-state index contributed by atoms with van der Waals surface area (Å²) in [6, 6.07) is -0.0211. The Hall–Kier alpha value is -0.810. The van der Waals surface area contributed by atoms with Crippen LogP contribution in [0.4, 0.5) is 4.79 Å². The molecule has 0 saturated carbocycles. The van der Waals surface area contributed by atoms with Gasteiger partial charge in [-0.25, -0.2) is 4.79 Å². The molecule has 3 unspecified atom stereocenters.